The van der Waals surface area contributed by atoms with Gasteiger partial charge in [-0.1, -0.05) is 48.6 Å². The van der Waals surface area contributed by atoms with Crippen LogP contribution in [0.2, 0.25) is 0 Å². The highest BCUT2D eigenvalue weighted by Crippen LogP contribution is 2.11. The first-order valence-corrected chi connectivity index (χ1v) is 8.35. The van der Waals surface area contributed by atoms with Crippen LogP contribution in [0.5, 0.6) is 5.75 Å². The quantitative estimate of drug-likeness (QED) is 0.336. The molecule has 0 unspecified atom stereocenters. The molecule has 0 aromatic heterocycles. The van der Waals surface area contributed by atoms with Gasteiger partial charge in [0.25, 0.3) is 0 Å². The van der Waals surface area contributed by atoms with Crippen LogP contribution in [-0.2, 0) is 4.74 Å². The molecule has 0 fully saturated rings. The number of ether oxygens (including phenoxy) is 2. The smallest absolute Gasteiger partial charge is 0.491 e. The highest BCUT2D eigenvalue weighted by Gasteiger charge is 2.14. The number of rotatable bonds is 11. The fourth-order valence-electron chi connectivity index (χ4n) is 1.78. The summed E-state index contributed by atoms with van der Waals surface area (Å²) in [7, 11) is 0. The van der Waals surface area contributed by atoms with Gasteiger partial charge in [0, 0.05) is 0 Å². The molecule has 0 amide bonds. The molecule has 1 aromatic rings. The Balaban J connectivity index is 2.26. The Morgan fingerprint density at radius 1 is 0.929 bits per heavy atom. The molecule has 28 heavy (non-hydrogen) atoms. The van der Waals surface area contributed by atoms with Gasteiger partial charge >= 0.3 is 6.16 Å². The standard InChI is InChI=1S/C20H23FO7/c21-15-9-11-17(12-10-15)27-13-16(22)7-5-3-1-2-4-6-8-18(23)19(24)14-28-20(25)26/h1-12,16,18-19,22-24H,13-14H2,(H,25,26)/b3-1-,4-2+,7-5+,8-6+/t16-,18+,19-/m0/s1. The van der Waals surface area contributed by atoms with E-state index in [0.29, 0.717) is 5.75 Å². The number of allylic oxidation sites excluding steroid dienone is 6. The third kappa shape index (κ3) is 10.9. The van der Waals surface area contributed by atoms with Crippen molar-refractivity contribution in [2.45, 2.75) is 18.3 Å². The van der Waals surface area contributed by atoms with Gasteiger partial charge in [-0.25, -0.2) is 9.18 Å². The molecule has 0 spiro atoms. The van der Waals surface area contributed by atoms with E-state index in [-0.39, 0.29) is 12.4 Å². The number of benzene rings is 1. The van der Waals surface area contributed by atoms with Gasteiger partial charge in [0.2, 0.25) is 0 Å². The van der Waals surface area contributed by atoms with E-state index in [1.165, 1.54) is 42.5 Å². The van der Waals surface area contributed by atoms with Crippen LogP contribution in [0.3, 0.4) is 0 Å². The number of hydrogen-bond donors (Lipinski definition) is 4. The average Bonchev–Trinajstić information content (AvgIpc) is 2.67. The third-order valence-corrected chi connectivity index (χ3v) is 3.20. The molecule has 7 nitrogen and oxygen atoms in total. The summed E-state index contributed by atoms with van der Waals surface area (Å²) >= 11 is 0. The van der Waals surface area contributed by atoms with Crippen molar-refractivity contribution in [2.75, 3.05) is 13.2 Å². The van der Waals surface area contributed by atoms with Crippen LogP contribution in [0.1, 0.15) is 0 Å². The van der Waals surface area contributed by atoms with E-state index < -0.39 is 31.1 Å². The van der Waals surface area contributed by atoms with Crippen LogP contribution >= 0.6 is 0 Å². The lowest BCUT2D eigenvalue weighted by atomic mass is 10.2. The van der Waals surface area contributed by atoms with E-state index in [0.717, 1.165) is 0 Å². The molecular weight excluding hydrogens is 371 g/mol. The molecule has 0 radical (unpaired) electrons. The van der Waals surface area contributed by atoms with E-state index in [1.54, 1.807) is 30.4 Å². The number of halogens is 1. The van der Waals surface area contributed by atoms with Crippen molar-refractivity contribution in [1.29, 1.82) is 0 Å². The van der Waals surface area contributed by atoms with Crippen LogP contribution in [0, 0.1) is 5.82 Å². The summed E-state index contributed by atoms with van der Waals surface area (Å²) in [4.78, 5) is 10.2. The summed E-state index contributed by atoms with van der Waals surface area (Å²) in [6, 6.07) is 5.48. The highest BCUT2D eigenvalue weighted by molar-refractivity contribution is 5.56. The average molecular weight is 394 g/mol. The predicted octanol–water partition coefficient (Wildman–Crippen LogP) is 2.21. The summed E-state index contributed by atoms with van der Waals surface area (Å²) < 4.78 is 22.2. The number of aliphatic hydroxyl groups is 3. The van der Waals surface area contributed by atoms with Gasteiger partial charge in [0.1, 0.15) is 43.1 Å². The summed E-state index contributed by atoms with van der Waals surface area (Å²) in [6.45, 7) is -0.497. The molecule has 8 heteroatoms. The molecule has 0 heterocycles. The molecule has 0 aliphatic rings. The van der Waals surface area contributed by atoms with E-state index in [1.807, 2.05) is 0 Å². The van der Waals surface area contributed by atoms with Gasteiger partial charge in [-0.3, -0.25) is 0 Å². The Morgan fingerprint density at radius 2 is 1.50 bits per heavy atom. The zero-order chi connectivity index (χ0) is 20.8. The van der Waals surface area contributed by atoms with Crippen molar-refractivity contribution >= 4 is 6.16 Å². The number of hydrogen-bond acceptors (Lipinski definition) is 6. The van der Waals surface area contributed by atoms with Crippen molar-refractivity contribution < 1.29 is 39.1 Å². The van der Waals surface area contributed by atoms with E-state index in [4.69, 9.17) is 9.84 Å². The lowest BCUT2D eigenvalue weighted by Crippen LogP contribution is -2.29. The lowest BCUT2D eigenvalue weighted by molar-refractivity contribution is -0.00993. The van der Waals surface area contributed by atoms with Crippen LogP contribution in [0.4, 0.5) is 9.18 Å². The fourth-order valence-corrected chi connectivity index (χ4v) is 1.78. The summed E-state index contributed by atoms with van der Waals surface area (Å²) in [6.07, 6.45) is 7.51. The third-order valence-electron chi connectivity index (χ3n) is 3.20. The van der Waals surface area contributed by atoms with Crippen molar-refractivity contribution in [3.63, 3.8) is 0 Å². The Morgan fingerprint density at radius 3 is 2.11 bits per heavy atom. The molecule has 4 N–H and O–H groups in total. The fraction of sp³-hybridized carbons (Fsp3) is 0.250. The van der Waals surface area contributed by atoms with E-state index >= 15 is 0 Å². The summed E-state index contributed by atoms with van der Waals surface area (Å²) in [5.74, 6) is 0.0969. The maximum absolute atomic E-state index is 12.8. The minimum atomic E-state index is -1.53. The van der Waals surface area contributed by atoms with Gasteiger partial charge in [0.15, 0.2) is 0 Å². The summed E-state index contributed by atoms with van der Waals surface area (Å²) in [5, 5.41) is 37.0. The number of carboxylic acid groups (broad SMARTS) is 1. The lowest BCUT2D eigenvalue weighted by Gasteiger charge is -2.12. The SMILES string of the molecule is O=C(O)OC[C@H](O)[C@H](O)/C=C/C=C/C=C\C=C\[C@H](O)COc1ccc(F)cc1. The van der Waals surface area contributed by atoms with Crippen LogP contribution in [0.15, 0.2) is 72.9 Å². The molecule has 3 atom stereocenters. The molecular formula is C20H23FO7. The number of carbonyl (C=O) groups is 1. The molecule has 0 bridgehead atoms. The Labute approximate surface area is 162 Å². The number of aliphatic hydroxyl groups excluding tert-OH is 3. The second-order valence-corrected chi connectivity index (χ2v) is 5.51. The van der Waals surface area contributed by atoms with Crippen LogP contribution < -0.4 is 4.74 Å². The van der Waals surface area contributed by atoms with Gasteiger partial charge in [-0.15, -0.1) is 0 Å². The maximum Gasteiger partial charge on any atom is 0.505 e. The first-order chi connectivity index (χ1) is 13.4. The normalized spacial score (nSPS) is 15.4. The monoisotopic (exact) mass is 394 g/mol. The largest absolute Gasteiger partial charge is 0.505 e. The first kappa shape index (κ1) is 23.1. The van der Waals surface area contributed by atoms with Crippen molar-refractivity contribution in [3.8, 4) is 5.75 Å². The predicted molar refractivity (Wildman–Crippen MR) is 100 cm³/mol. The van der Waals surface area contributed by atoms with E-state index in [9.17, 15) is 24.5 Å². The second kappa shape index (κ2) is 13.3. The molecule has 152 valence electrons. The molecule has 0 aliphatic heterocycles. The Bertz CT molecular complexity index is 695. The van der Waals surface area contributed by atoms with E-state index in [2.05, 4.69) is 4.74 Å². The van der Waals surface area contributed by atoms with Crippen molar-refractivity contribution in [2.24, 2.45) is 0 Å². The molecule has 0 saturated heterocycles. The zero-order valence-corrected chi connectivity index (χ0v) is 15.0. The van der Waals surface area contributed by atoms with Crippen LogP contribution in [-0.4, -0.2) is 58.1 Å². The zero-order valence-electron chi connectivity index (χ0n) is 15.0. The minimum Gasteiger partial charge on any atom is -0.491 e. The van der Waals surface area contributed by atoms with Crippen LogP contribution in [0.25, 0.3) is 0 Å². The molecule has 0 aliphatic carbocycles. The van der Waals surface area contributed by atoms with Gasteiger partial charge < -0.3 is 29.9 Å². The van der Waals surface area contributed by atoms with Crippen molar-refractivity contribution in [3.05, 3.63) is 78.7 Å². The molecule has 1 rings (SSSR count). The summed E-state index contributed by atoms with van der Waals surface area (Å²) in [5.41, 5.74) is 0. The maximum atomic E-state index is 12.8. The Kier molecular flexibility index (Phi) is 10.9. The minimum absolute atomic E-state index is 0.0281. The van der Waals surface area contributed by atoms with Gasteiger partial charge in [-0.05, 0) is 24.3 Å². The second-order valence-electron chi connectivity index (χ2n) is 5.51. The van der Waals surface area contributed by atoms with Crippen molar-refractivity contribution in [1.82, 2.24) is 0 Å². The van der Waals surface area contributed by atoms with Gasteiger partial charge in [0.05, 0.1) is 0 Å². The highest BCUT2D eigenvalue weighted by atomic mass is 19.1. The van der Waals surface area contributed by atoms with Gasteiger partial charge in [-0.2, -0.15) is 0 Å². The molecule has 0 saturated carbocycles. The Hall–Kier alpha value is -2.94. The molecule has 1 aromatic carbocycles. The first-order valence-electron chi connectivity index (χ1n) is 8.35. The topological polar surface area (TPSA) is 116 Å².